The summed E-state index contributed by atoms with van der Waals surface area (Å²) >= 11 is 0. The van der Waals surface area contributed by atoms with Gasteiger partial charge in [-0.1, -0.05) is 0 Å². The smallest absolute Gasteiger partial charge is 0.126 e. The lowest BCUT2D eigenvalue weighted by Gasteiger charge is -2.20. The molecule has 1 aromatic heterocycles. The lowest BCUT2D eigenvalue weighted by Crippen LogP contribution is -2.27. The number of rotatable bonds is 2. The van der Waals surface area contributed by atoms with E-state index in [0.717, 1.165) is 43.0 Å². The van der Waals surface area contributed by atoms with Gasteiger partial charge in [-0.05, 0) is 56.6 Å². The van der Waals surface area contributed by atoms with Crippen LogP contribution in [0.5, 0.6) is 0 Å². The molecule has 19 heavy (non-hydrogen) atoms. The quantitative estimate of drug-likeness (QED) is 0.870. The monoisotopic (exact) mass is 259 g/mol. The Morgan fingerprint density at radius 1 is 1.26 bits per heavy atom. The summed E-state index contributed by atoms with van der Waals surface area (Å²) in [6.45, 7) is 3.88. The Kier molecular flexibility index (Phi) is 3.34. The van der Waals surface area contributed by atoms with Gasteiger partial charge in [-0.2, -0.15) is 0 Å². The summed E-state index contributed by atoms with van der Waals surface area (Å²) in [5, 5.41) is 3.35. The molecular weight excluding hydrogens is 241 g/mol. The van der Waals surface area contributed by atoms with Crippen LogP contribution in [-0.2, 0) is 0 Å². The van der Waals surface area contributed by atoms with Gasteiger partial charge in [0.25, 0.3) is 0 Å². The predicted octanol–water partition coefficient (Wildman–Crippen LogP) is 2.99. The largest absolute Gasteiger partial charge is 0.342 e. The zero-order chi connectivity index (χ0) is 13.2. The molecule has 0 radical (unpaired) electrons. The van der Waals surface area contributed by atoms with Gasteiger partial charge in [-0.3, -0.25) is 0 Å². The highest BCUT2D eigenvalue weighted by Gasteiger charge is 2.18. The molecule has 0 spiro atoms. The third-order valence-electron chi connectivity index (χ3n) is 3.79. The average molecular weight is 259 g/mol. The fraction of sp³-hybridized carbons (Fsp3) is 0.400. The van der Waals surface area contributed by atoms with Crippen LogP contribution in [0.2, 0.25) is 0 Å². The molecule has 1 saturated heterocycles. The second kappa shape index (κ2) is 5.13. The van der Waals surface area contributed by atoms with Crippen molar-refractivity contribution in [3.8, 4) is 11.3 Å². The maximum atomic E-state index is 13.3. The van der Waals surface area contributed by atoms with E-state index in [2.05, 4.69) is 15.3 Å². The third kappa shape index (κ3) is 2.54. The number of hydrogen-bond acceptors (Lipinski definition) is 2. The van der Waals surface area contributed by atoms with Crippen molar-refractivity contribution in [2.45, 2.75) is 25.7 Å². The van der Waals surface area contributed by atoms with Crippen molar-refractivity contribution in [2.75, 3.05) is 13.1 Å². The number of imidazole rings is 1. The Bertz CT molecular complexity index is 571. The first-order valence-corrected chi connectivity index (χ1v) is 6.76. The van der Waals surface area contributed by atoms with Crippen LogP contribution in [0.3, 0.4) is 0 Å². The van der Waals surface area contributed by atoms with Crippen LogP contribution in [0.15, 0.2) is 24.4 Å². The molecule has 3 rings (SSSR count). The third-order valence-corrected chi connectivity index (χ3v) is 3.79. The standard InChI is InChI=1S/C15H18FN3/c1-10-8-12(2-3-13(10)16)14-9-18-15(19-14)11-4-6-17-7-5-11/h2-3,8-9,11,17H,4-7H2,1H3,(H,18,19). The Hall–Kier alpha value is -1.68. The van der Waals surface area contributed by atoms with E-state index in [1.165, 1.54) is 6.07 Å². The number of nitrogens with zero attached hydrogens (tertiary/aromatic N) is 1. The van der Waals surface area contributed by atoms with Crippen LogP contribution in [0.1, 0.15) is 30.1 Å². The van der Waals surface area contributed by atoms with Gasteiger partial charge in [-0.25, -0.2) is 9.37 Å². The number of aromatic nitrogens is 2. The number of aromatic amines is 1. The molecule has 2 N–H and O–H groups in total. The molecule has 1 fully saturated rings. The average Bonchev–Trinajstić information content (AvgIpc) is 2.93. The highest BCUT2D eigenvalue weighted by atomic mass is 19.1. The van der Waals surface area contributed by atoms with Gasteiger partial charge in [0, 0.05) is 11.5 Å². The molecule has 3 nitrogen and oxygen atoms in total. The maximum absolute atomic E-state index is 13.3. The number of benzene rings is 1. The van der Waals surface area contributed by atoms with Crippen molar-refractivity contribution in [3.05, 3.63) is 41.6 Å². The van der Waals surface area contributed by atoms with E-state index in [4.69, 9.17) is 0 Å². The van der Waals surface area contributed by atoms with Gasteiger partial charge in [0.2, 0.25) is 0 Å². The number of piperidine rings is 1. The van der Waals surface area contributed by atoms with Gasteiger partial charge in [0.15, 0.2) is 0 Å². The van der Waals surface area contributed by atoms with Crippen LogP contribution in [0.4, 0.5) is 4.39 Å². The second-order valence-electron chi connectivity index (χ2n) is 5.17. The number of nitrogens with one attached hydrogen (secondary N) is 2. The van der Waals surface area contributed by atoms with Gasteiger partial charge in [0.05, 0.1) is 11.9 Å². The van der Waals surface area contributed by atoms with E-state index in [-0.39, 0.29) is 5.82 Å². The van der Waals surface area contributed by atoms with Crippen molar-refractivity contribution in [1.82, 2.24) is 15.3 Å². The molecule has 0 aliphatic carbocycles. The molecule has 1 aromatic carbocycles. The van der Waals surface area contributed by atoms with Crippen LogP contribution in [-0.4, -0.2) is 23.1 Å². The zero-order valence-corrected chi connectivity index (χ0v) is 11.0. The number of halogens is 1. The van der Waals surface area contributed by atoms with E-state index in [9.17, 15) is 4.39 Å². The van der Waals surface area contributed by atoms with E-state index < -0.39 is 0 Å². The molecule has 0 saturated carbocycles. The summed E-state index contributed by atoms with van der Waals surface area (Å²) in [7, 11) is 0. The molecule has 0 amide bonds. The minimum absolute atomic E-state index is 0.165. The lowest BCUT2D eigenvalue weighted by atomic mass is 9.98. The molecule has 0 unspecified atom stereocenters. The molecule has 1 aliphatic rings. The number of hydrogen-bond donors (Lipinski definition) is 2. The van der Waals surface area contributed by atoms with E-state index in [1.807, 2.05) is 12.3 Å². The van der Waals surface area contributed by atoms with E-state index in [1.54, 1.807) is 13.0 Å². The van der Waals surface area contributed by atoms with Crippen LogP contribution >= 0.6 is 0 Å². The summed E-state index contributed by atoms with van der Waals surface area (Å²) in [4.78, 5) is 7.88. The molecule has 2 aromatic rings. The van der Waals surface area contributed by atoms with Crippen LogP contribution in [0.25, 0.3) is 11.3 Å². The van der Waals surface area contributed by atoms with Crippen molar-refractivity contribution >= 4 is 0 Å². The van der Waals surface area contributed by atoms with Crippen LogP contribution in [0, 0.1) is 12.7 Å². The SMILES string of the molecule is Cc1cc(-c2cnc(C3CCNCC3)[nH]2)ccc1F. The van der Waals surface area contributed by atoms with E-state index in [0.29, 0.717) is 11.5 Å². The van der Waals surface area contributed by atoms with Crippen molar-refractivity contribution in [2.24, 2.45) is 0 Å². The molecule has 2 heterocycles. The normalized spacial score (nSPS) is 16.7. The van der Waals surface area contributed by atoms with Crippen molar-refractivity contribution in [3.63, 3.8) is 0 Å². The first-order chi connectivity index (χ1) is 9.24. The molecular formula is C15H18FN3. The minimum Gasteiger partial charge on any atom is -0.342 e. The predicted molar refractivity (Wildman–Crippen MR) is 73.6 cm³/mol. The lowest BCUT2D eigenvalue weighted by molar-refractivity contribution is 0.447. The van der Waals surface area contributed by atoms with Crippen LogP contribution < -0.4 is 5.32 Å². The summed E-state index contributed by atoms with van der Waals surface area (Å²) < 4.78 is 13.3. The van der Waals surface area contributed by atoms with Crippen molar-refractivity contribution < 1.29 is 4.39 Å². The molecule has 0 atom stereocenters. The molecule has 1 aliphatic heterocycles. The Balaban J connectivity index is 1.85. The zero-order valence-electron chi connectivity index (χ0n) is 11.0. The first kappa shape index (κ1) is 12.4. The first-order valence-electron chi connectivity index (χ1n) is 6.76. The van der Waals surface area contributed by atoms with Gasteiger partial charge in [0.1, 0.15) is 11.6 Å². The number of aryl methyl sites for hydroxylation is 1. The topological polar surface area (TPSA) is 40.7 Å². The summed E-state index contributed by atoms with van der Waals surface area (Å²) in [5.74, 6) is 1.40. The molecule has 100 valence electrons. The maximum Gasteiger partial charge on any atom is 0.126 e. The molecule has 0 bridgehead atoms. The fourth-order valence-electron chi connectivity index (χ4n) is 2.60. The Labute approximate surface area is 112 Å². The van der Waals surface area contributed by atoms with Gasteiger partial charge >= 0.3 is 0 Å². The minimum atomic E-state index is -0.165. The molecule has 4 heteroatoms. The second-order valence-corrected chi connectivity index (χ2v) is 5.17. The van der Waals surface area contributed by atoms with Gasteiger partial charge in [-0.15, -0.1) is 0 Å². The Morgan fingerprint density at radius 3 is 2.79 bits per heavy atom. The highest BCUT2D eigenvalue weighted by molar-refractivity contribution is 5.59. The Morgan fingerprint density at radius 2 is 2.05 bits per heavy atom. The summed E-state index contributed by atoms with van der Waals surface area (Å²) in [6.07, 6.45) is 4.09. The highest BCUT2D eigenvalue weighted by Crippen LogP contribution is 2.26. The van der Waals surface area contributed by atoms with Gasteiger partial charge < -0.3 is 10.3 Å². The number of H-pyrrole nitrogens is 1. The van der Waals surface area contributed by atoms with Crippen molar-refractivity contribution in [1.29, 1.82) is 0 Å². The summed E-state index contributed by atoms with van der Waals surface area (Å²) in [5.41, 5.74) is 2.62. The van der Waals surface area contributed by atoms with E-state index >= 15 is 0 Å². The fourth-order valence-corrected chi connectivity index (χ4v) is 2.60. The summed E-state index contributed by atoms with van der Waals surface area (Å²) in [6, 6.07) is 5.16.